The van der Waals surface area contributed by atoms with Crippen LogP contribution in [0, 0.1) is 21.4 Å². The molecule has 2 aromatic carbocycles. The summed E-state index contributed by atoms with van der Waals surface area (Å²) in [6, 6.07) is 16.1. The summed E-state index contributed by atoms with van der Waals surface area (Å²) in [4.78, 5) is 22.9. The van der Waals surface area contributed by atoms with Crippen LogP contribution in [-0.2, 0) is 4.79 Å². The molecule has 150 valence electrons. The van der Waals surface area contributed by atoms with E-state index in [1.54, 1.807) is 30.3 Å². The summed E-state index contributed by atoms with van der Waals surface area (Å²) in [5.41, 5.74) is 0.618. The quantitative estimate of drug-likeness (QED) is 0.231. The minimum absolute atomic E-state index is 0.120. The first kappa shape index (κ1) is 20.8. The van der Waals surface area contributed by atoms with E-state index in [-0.39, 0.29) is 17.0 Å². The predicted octanol–water partition coefficient (Wildman–Crippen LogP) is 5.17. The third kappa shape index (κ3) is 4.74. The van der Waals surface area contributed by atoms with E-state index in [2.05, 4.69) is 21.2 Å². The Morgan fingerprint density at radius 1 is 1.27 bits per heavy atom. The first-order valence-electron chi connectivity index (χ1n) is 8.52. The Kier molecular flexibility index (Phi) is 6.29. The van der Waals surface area contributed by atoms with Crippen LogP contribution in [0.5, 0.6) is 5.75 Å². The summed E-state index contributed by atoms with van der Waals surface area (Å²) in [5.74, 6) is 0.325. The second kappa shape index (κ2) is 9.07. The number of furan rings is 1. The van der Waals surface area contributed by atoms with Gasteiger partial charge in [-0.05, 0) is 36.4 Å². The minimum Gasteiger partial charge on any atom is -0.496 e. The number of benzene rings is 2. The zero-order chi connectivity index (χ0) is 21.7. The Balaban J connectivity index is 1.88. The van der Waals surface area contributed by atoms with Gasteiger partial charge in [0.25, 0.3) is 11.6 Å². The van der Waals surface area contributed by atoms with Crippen LogP contribution in [0.25, 0.3) is 17.4 Å². The number of carbonyl (C=O) groups is 1. The lowest BCUT2D eigenvalue weighted by Crippen LogP contribution is -2.13. The summed E-state index contributed by atoms with van der Waals surface area (Å²) in [7, 11) is 1.44. The topological polar surface area (TPSA) is 118 Å². The van der Waals surface area contributed by atoms with E-state index >= 15 is 0 Å². The molecule has 3 aromatic rings. The number of ether oxygens (including phenoxy) is 1. The van der Waals surface area contributed by atoms with Crippen LogP contribution in [0.1, 0.15) is 5.76 Å². The molecule has 0 bridgehead atoms. The average Bonchev–Trinajstić information content (AvgIpc) is 3.19. The average molecular weight is 468 g/mol. The molecule has 1 heterocycles. The number of methoxy groups -OCH3 is 1. The molecule has 1 aromatic heterocycles. The lowest BCUT2D eigenvalue weighted by atomic mass is 10.1. The van der Waals surface area contributed by atoms with Crippen LogP contribution >= 0.6 is 15.9 Å². The molecule has 0 atom stereocenters. The number of hydrogen-bond donors (Lipinski definition) is 1. The van der Waals surface area contributed by atoms with Crippen molar-refractivity contribution in [1.29, 1.82) is 5.26 Å². The van der Waals surface area contributed by atoms with Crippen molar-refractivity contribution in [2.75, 3.05) is 12.4 Å². The van der Waals surface area contributed by atoms with Gasteiger partial charge in [0.15, 0.2) is 0 Å². The van der Waals surface area contributed by atoms with Gasteiger partial charge in [0.1, 0.15) is 28.9 Å². The SMILES string of the molecule is COc1ccc([N+](=O)[O-])cc1-c1ccc(/C=C(/C#N)C(=O)Nc2cccc(Br)c2)o1. The molecule has 1 N–H and O–H groups in total. The Morgan fingerprint density at radius 2 is 2.07 bits per heavy atom. The van der Waals surface area contributed by atoms with Crippen molar-refractivity contribution in [1.82, 2.24) is 0 Å². The van der Waals surface area contributed by atoms with Gasteiger partial charge < -0.3 is 14.5 Å². The third-order valence-corrected chi connectivity index (χ3v) is 4.51. The number of rotatable bonds is 6. The van der Waals surface area contributed by atoms with Crippen molar-refractivity contribution in [2.24, 2.45) is 0 Å². The van der Waals surface area contributed by atoms with Crippen molar-refractivity contribution in [2.45, 2.75) is 0 Å². The van der Waals surface area contributed by atoms with Gasteiger partial charge in [-0.15, -0.1) is 0 Å². The number of nitrogens with one attached hydrogen (secondary N) is 1. The van der Waals surface area contributed by atoms with Crippen LogP contribution in [0.3, 0.4) is 0 Å². The van der Waals surface area contributed by atoms with Gasteiger partial charge in [0.05, 0.1) is 17.6 Å². The standard InChI is InChI=1S/C21H14BrN3O5/c1-29-19-7-5-16(25(27)28)11-18(19)20-8-6-17(30-20)9-13(12-23)21(26)24-15-4-2-3-14(22)10-15/h2-11H,1H3,(H,24,26)/b13-9-. The van der Waals surface area contributed by atoms with Gasteiger partial charge in [0, 0.05) is 28.4 Å². The normalized spacial score (nSPS) is 10.9. The van der Waals surface area contributed by atoms with Gasteiger partial charge in [-0.3, -0.25) is 14.9 Å². The maximum atomic E-state index is 12.4. The van der Waals surface area contributed by atoms with E-state index in [0.717, 1.165) is 4.47 Å². The highest BCUT2D eigenvalue weighted by atomic mass is 79.9. The lowest BCUT2D eigenvalue weighted by Gasteiger charge is -2.06. The van der Waals surface area contributed by atoms with Crippen molar-refractivity contribution < 1.29 is 18.9 Å². The fraction of sp³-hybridized carbons (Fsp3) is 0.0476. The molecule has 0 aliphatic rings. The van der Waals surface area contributed by atoms with Gasteiger partial charge >= 0.3 is 0 Å². The molecule has 30 heavy (non-hydrogen) atoms. The molecule has 3 rings (SSSR count). The molecule has 0 fully saturated rings. The first-order chi connectivity index (χ1) is 14.4. The third-order valence-electron chi connectivity index (χ3n) is 4.02. The second-order valence-corrected chi connectivity index (χ2v) is 6.89. The summed E-state index contributed by atoms with van der Waals surface area (Å²) < 4.78 is 11.7. The number of nitrogens with zero attached hydrogens (tertiary/aromatic N) is 2. The number of non-ortho nitro benzene ring substituents is 1. The fourth-order valence-corrected chi connectivity index (χ4v) is 3.03. The molecular formula is C21H14BrN3O5. The predicted molar refractivity (Wildman–Crippen MR) is 114 cm³/mol. The molecule has 0 radical (unpaired) electrons. The van der Waals surface area contributed by atoms with Crippen LogP contribution < -0.4 is 10.1 Å². The molecular weight excluding hydrogens is 454 g/mol. The van der Waals surface area contributed by atoms with Crippen molar-refractivity contribution >= 4 is 39.3 Å². The van der Waals surface area contributed by atoms with E-state index in [1.807, 2.05) is 12.1 Å². The molecule has 9 heteroatoms. The van der Waals surface area contributed by atoms with Crippen molar-refractivity contribution in [3.63, 3.8) is 0 Å². The van der Waals surface area contributed by atoms with Crippen molar-refractivity contribution in [3.05, 3.63) is 80.5 Å². The van der Waals surface area contributed by atoms with Gasteiger partial charge in [-0.2, -0.15) is 5.26 Å². The van der Waals surface area contributed by atoms with E-state index in [9.17, 15) is 20.2 Å². The number of nitriles is 1. The maximum Gasteiger partial charge on any atom is 0.270 e. The van der Waals surface area contributed by atoms with Gasteiger partial charge in [-0.1, -0.05) is 22.0 Å². The van der Waals surface area contributed by atoms with Crippen LogP contribution in [-0.4, -0.2) is 17.9 Å². The maximum absolute atomic E-state index is 12.4. The molecule has 0 unspecified atom stereocenters. The highest BCUT2D eigenvalue weighted by Gasteiger charge is 2.17. The molecule has 1 amide bonds. The summed E-state index contributed by atoms with van der Waals surface area (Å²) in [5, 5.41) is 23.1. The summed E-state index contributed by atoms with van der Waals surface area (Å²) >= 11 is 3.31. The van der Waals surface area contributed by atoms with Gasteiger partial charge in [-0.25, -0.2) is 0 Å². The lowest BCUT2D eigenvalue weighted by molar-refractivity contribution is -0.384. The summed E-state index contributed by atoms with van der Waals surface area (Å²) in [6.45, 7) is 0. The monoisotopic (exact) mass is 467 g/mol. The number of anilines is 1. The number of hydrogen-bond acceptors (Lipinski definition) is 6. The van der Waals surface area contributed by atoms with Crippen LogP contribution in [0.15, 0.2) is 69.1 Å². The molecule has 8 nitrogen and oxygen atoms in total. The Hall–Kier alpha value is -3.90. The number of halogens is 1. The minimum atomic E-state index is -0.596. The van der Waals surface area contributed by atoms with Gasteiger partial charge in [0.2, 0.25) is 0 Å². The number of nitro groups is 1. The van der Waals surface area contributed by atoms with E-state index in [1.165, 1.54) is 31.4 Å². The molecule has 0 spiro atoms. The van der Waals surface area contributed by atoms with Crippen LogP contribution in [0.4, 0.5) is 11.4 Å². The number of carbonyl (C=O) groups excluding carboxylic acids is 1. The zero-order valence-corrected chi connectivity index (χ0v) is 17.2. The van der Waals surface area contributed by atoms with E-state index in [4.69, 9.17) is 9.15 Å². The molecule has 0 aliphatic carbocycles. The molecule has 0 saturated heterocycles. The summed E-state index contributed by atoms with van der Waals surface area (Å²) in [6.07, 6.45) is 1.29. The highest BCUT2D eigenvalue weighted by Crippen LogP contribution is 2.34. The first-order valence-corrected chi connectivity index (χ1v) is 9.32. The Morgan fingerprint density at radius 3 is 2.73 bits per heavy atom. The van der Waals surface area contributed by atoms with Crippen molar-refractivity contribution in [3.8, 4) is 23.1 Å². The Bertz CT molecular complexity index is 1190. The fourth-order valence-electron chi connectivity index (χ4n) is 2.63. The largest absolute Gasteiger partial charge is 0.496 e. The number of nitro benzene ring substituents is 1. The van der Waals surface area contributed by atoms with E-state index in [0.29, 0.717) is 22.8 Å². The van der Waals surface area contributed by atoms with Crippen LogP contribution in [0.2, 0.25) is 0 Å². The zero-order valence-electron chi connectivity index (χ0n) is 15.6. The Labute approximate surface area is 179 Å². The smallest absolute Gasteiger partial charge is 0.270 e. The second-order valence-electron chi connectivity index (χ2n) is 5.98. The highest BCUT2D eigenvalue weighted by molar-refractivity contribution is 9.10. The van der Waals surface area contributed by atoms with E-state index < -0.39 is 10.8 Å². The molecule has 0 aliphatic heterocycles. The molecule has 0 saturated carbocycles. The number of amides is 1.